The molecule has 1 aliphatic rings. The summed E-state index contributed by atoms with van der Waals surface area (Å²) >= 11 is 0. The number of ketones is 1. The van der Waals surface area contributed by atoms with Gasteiger partial charge in [-0.1, -0.05) is 12.8 Å². The van der Waals surface area contributed by atoms with Gasteiger partial charge in [-0.25, -0.2) is 16.8 Å². The van der Waals surface area contributed by atoms with E-state index in [1.54, 1.807) is 0 Å². The number of sulfone groups is 2. The molecule has 0 atom stereocenters. The monoisotopic (exact) mass is 282 g/mol. The third-order valence-electron chi connectivity index (χ3n) is 2.94. The zero-order valence-corrected chi connectivity index (χ0v) is 11.5. The van der Waals surface area contributed by atoms with E-state index in [0.717, 1.165) is 31.9 Å². The van der Waals surface area contributed by atoms with Crippen molar-refractivity contribution in [3.63, 3.8) is 0 Å². The summed E-state index contributed by atoms with van der Waals surface area (Å²) in [5.74, 6) is -1.76. The summed E-state index contributed by atoms with van der Waals surface area (Å²) in [5.41, 5.74) is 0. The average molecular weight is 282 g/mol. The van der Waals surface area contributed by atoms with Crippen LogP contribution in [0.2, 0.25) is 0 Å². The Labute approximate surface area is 102 Å². The summed E-state index contributed by atoms with van der Waals surface area (Å²) in [7, 11) is -6.88. The summed E-state index contributed by atoms with van der Waals surface area (Å²) in [4.78, 5) is 11.7. The highest BCUT2D eigenvalue weighted by atomic mass is 32.2. The first-order valence-electron chi connectivity index (χ1n) is 5.60. The van der Waals surface area contributed by atoms with Crippen LogP contribution in [0.25, 0.3) is 0 Å². The predicted molar refractivity (Wildman–Crippen MR) is 65.3 cm³/mol. The van der Waals surface area contributed by atoms with Crippen LogP contribution in [0.4, 0.5) is 0 Å². The Morgan fingerprint density at radius 2 is 1.59 bits per heavy atom. The Kier molecular flexibility index (Phi) is 4.71. The predicted octanol–water partition coefficient (Wildman–Crippen LogP) is 0.205. The molecule has 0 aromatic carbocycles. The maximum Gasteiger partial charge on any atom is 0.158 e. The van der Waals surface area contributed by atoms with Crippen LogP contribution in [0, 0.1) is 5.92 Å². The summed E-state index contributed by atoms with van der Waals surface area (Å²) in [6, 6.07) is 0. The van der Waals surface area contributed by atoms with Gasteiger partial charge in [0.1, 0.15) is 15.6 Å². The quantitative estimate of drug-likeness (QED) is 0.695. The third-order valence-corrected chi connectivity index (χ3v) is 5.69. The third kappa shape index (κ3) is 5.63. The molecule has 0 radical (unpaired) electrons. The first kappa shape index (κ1) is 14.6. The molecule has 0 saturated heterocycles. The fraction of sp³-hybridized carbons (Fsp3) is 0.900. The molecular weight excluding hydrogens is 264 g/mol. The molecule has 1 fully saturated rings. The first-order valence-corrected chi connectivity index (χ1v) is 9.49. The van der Waals surface area contributed by atoms with Gasteiger partial charge < -0.3 is 0 Å². The number of rotatable bonds is 6. The van der Waals surface area contributed by atoms with Gasteiger partial charge >= 0.3 is 0 Å². The molecule has 1 saturated carbocycles. The Balaban J connectivity index is 2.51. The van der Waals surface area contributed by atoms with Gasteiger partial charge in [0, 0.05) is 12.2 Å². The topological polar surface area (TPSA) is 85.3 Å². The van der Waals surface area contributed by atoms with Crippen molar-refractivity contribution >= 4 is 25.5 Å². The lowest BCUT2D eigenvalue weighted by Crippen LogP contribution is -2.26. The maximum atomic E-state index is 11.7. The van der Waals surface area contributed by atoms with Crippen molar-refractivity contribution in [2.24, 2.45) is 5.92 Å². The molecule has 0 heterocycles. The van der Waals surface area contributed by atoms with Crippen molar-refractivity contribution < 1.29 is 21.6 Å². The molecular formula is C10H18O5S2. The Morgan fingerprint density at radius 1 is 1.06 bits per heavy atom. The largest absolute Gasteiger partial charge is 0.298 e. The van der Waals surface area contributed by atoms with Crippen molar-refractivity contribution in [2.45, 2.75) is 25.7 Å². The molecule has 0 aromatic heterocycles. The van der Waals surface area contributed by atoms with Crippen molar-refractivity contribution in [1.29, 1.82) is 0 Å². The zero-order valence-electron chi connectivity index (χ0n) is 9.88. The van der Waals surface area contributed by atoms with Crippen LogP contribution in [0.1, 0.15) is 25.7 Å². The molecule has 0 spiro atoms. The minimum absolute atomic E-state index is 0.136. The lowest BCUT2D eigenvalue weighted by atomic mass is 10.0. The number of carbonyl (C=O) groups excluding carboxylic acids is 1. The van der Waals surface area contributed by atoms with Gasteiger partial charge in [-0.15, -0.1) is 0 Å². The van der Waals surface area contributed by atoms with Crippen LogP contribution in [-0.2, 0) is 24.5 Å². The average Bonchev–Trinajstić information content (AvgIpc) is 2.66. The minimum atomic E-state index is -3.58. The number of hydrogen-bond acceptors (Lipinski definition) is 5. The second-order valence-electron chi connectivity index (χ2n) is 4.67. The van der Waals surface area contributed by atoms with E-state index in [-0.39, 0.29) is 11.7 Å². The minimum Gasteiger partial charge on any atom is -0.298 e. The lowest BCUT2D eigenvalue weighted by Gasteiger charge is -2.08. The summed E-state index contributed by atoms with van der Waals surface area (Å²) < 4.78 is 44.9. The molecule has 0 amide bonds. The molecule has 1 rings (SSSR count). The van der Waals surface area contributed by atoms with Crippen LogP contribution in [0.15, 0.2) is 0 Å². The number of hydrogen-bond donors (Lipinski definition) is 0. The van der Waals surface area contributed by atoms with Gasteiger partial charge in [0.05, 0.1) is 11.5 Å². The number of Topliss-reactive ketones (excluding diaryl/α,β-unsaturated/α-hetero) is 1. The van der Waals surface area contributed by atoms with E-state index in [2.05, 4.69) is 0 Å². The number of carbonyl (C=O) groups is 1. The Hall–Kier alpha value is -0.430. The molecule has 0 bridgehead atoms. The fourth-order valence-corrected chi connectivity index (χ4v) is 4.97. The van der Waals surface area contributed by atoms with Gasteiger partial charge in [-0.2, -0.15) is 0 Å². The van der Waals surface area contributed by atoms with Gasteiger partial charge in [0.2, 0.25) is 0 Å². The normalized spacial score (nSPS) is 18.4. The molecule has 5 nitrogen and oxygen atoms in total. The van der Waals surface area contributed by atoms with E-state index in [1.807, 2.05) is 0 Å². The highest BCUT2D eigenvalue weighted by Crippen LogP contribution is 2.25. The Morgan fingerprint density at radius 3 is 2.06 bits per heavy atom. The molecule has 0 N–H and O–H groups in total. The van der Waals surface area contributed by atoms with E-state index in [1.165, 1.54) is 0 Å². The Bertz CT molecular complexity index is 469. The standard InChI is InChI=1S/C10H18O5S2/c1-16(12,13)6-7-17(14,15)8-10(11)9-4-2-3-5-9/h9H,2-8H2,1H3. The van der Waals surface area contributed by atoms with Crippen LogP contribution in [-0.4, -0.2) is 46.1 Å². The van der Waals surface area contributed by atoms with Gasteiger partial charge in [0.25, 0.3) is 0 Å². The van der Waals surface area contributed by atoms with E-state index in [4.69, 9.17) is 0 Å². The molecule has 0 aliphatic heterocycles. The van der Waals surface area contributed by atoms with Crippen LogP contribution < -0.4 is 0 Å². The van der Waals surface area contributed by atoms with Gasteiger partial charge in [0.15, 0.2) is 15.6 Å². The molecule has 17 heavy (non-hydrogen) atoms. The SMILES string of the molecule is CS(=O)(=O)CCS(=O)(=O)CC(=O)C1CCCC1. The molecule has 100 valence electrons. The van der Waals surface area contributed by atoms with Crippen molar-refractivity contribution in [3.8, 4) is 0 Å². The van der Waals surface area contributed by atoms with Crippen molar-refractivity contribution in [3.05, 3.63) is 0 Å². The van der Waals surface area contributed by atoms with E-state index >= 15 is 0 Å². The highest BCUT2D eigenvalue weighted by Gasteiger charge is 2.27. The van der Waals surface area contributed by atoms with E-state index in [9.17, 15) is 21.6 Å². The molecule has 0 aromatic rings. The highest BCUT2D eigenvalue weighted by molar-refractivity contribution is 7.95. The maximum absolute atomic E-state index is 11.7. The van der Waals surface area contributed by atoms with Gasteiger partial charge in [-0.3, -0.25) is 4.79 Å². The lowest BCUT2D eigenvalue weighted by molar-refractivity contribution is -0.120. The fourth-order valence-electron chi connectivity index (χ4n) is 1.93. The summed E-state index contributed by atoms with van der Waals surface area (Å²) in [6.07, 6.45) is 4.46. The second kappa shape index (κ2) is 5.48. The van der Waals surface area contributed by atoms with Crippen molar-refractivity contribution in [1.82, 2.24) is 0 Å². The molecule has 1 aliphatic carbocycles. The van der Waals surface area contributed by atoms with E-state index in [0.29, 0.717) is 0 Å². The van der Waals surface area contributed by atoms with Crippen LogP contribution in [0.3, 0.4) is 0 Å². The van der Waals surface area contributed by atoms with E-state index < -0.39 is 36.9 Å². The summed E-state index contributed by atoms with van der Waals surface area (Å²) in [6.45, 7) is 0. The second-order valence-corrected chi connectivity index (χ2v) is 9.11. The smallest absolute Gasteiger partial charge is 0.158 e. The van der Waals surface area contributed by atoms with Crippen LogP contribution >= 0.6 is 0 Å². The summed E-state index contributed by atoms with van der Waals surface area (Å²) in [5, 5.41) is 0. The van der Waals surface area contributed by atoms with Gasteiger partial charge in [-0.05, 0) is 12.8 Å². The zero-order chi connectivity index (χ0) is 13.1. The molecule has 0 unspecified atom stereocenters. The molecule has 7 heteroatoms. The van der Waals surface area contributed by atoms with Crippen LogP contribution in [0.5, 0.6) is 0 Å². The van der Waals surface area contributed by atoms with Crippen molar-refractivity contribution in [2.75, 3.05) is 23.5 Å². The first-order chi connectivity index (χ1) is 7.70.